The number of sulfonamides is 1. The van der Waals surface area contributed by atoms with Crippen LogP contribution < -0.4 is 5.14 Å². The van der Waals surface area contributed by atoms with Gasteiger partial charge in [-0.25, -0.2) is 13.6 Å². The number of nitrogens with zero attached hydrogens (tertiary/aromatic N) is 1. The van der Waals surface area contributed by atoms with Gasteiger partial charge in [-0.2, -0.15) is 0 Å². The summed E-state index contributed by atoms with van der Waals surface area (Å²) in [4.78, 5) is 14.0. The van der Waals surface area contributed by atoms with E-state index in [-0.39, 0.29) is 24.0 Å². The Morgan fingerprint density at radius 2 is 2.19 bits per heavy atom. The summed E-state index contributed by atoms with van der Waals surface area (Å²) in [6, 6.07) is 7.20. The predicted octanol–water partition coefficient (Wildman–Crippen LogP) is 1.41. The summed E-state index contributed by atoms with van der Waals surface area (Å²) in [5.41, 5.74) is 0.862. The lowest BCUT2D eigenvalue weighted by molar-refractivity contribution is -0.132. The molecule has 1 aromatic rings. The summed E-state index contributed by atoms with van der Waals surface area (Å²) in [5, 5.41) is 5.68. The number of primary sulfonamides is 1. The van der Waals surface area contributed by atoms with Crippen molar-refractivity contribution in [2.75, 3.05) is 18.8 Å². The molecule has 2 N–H and O–H groups in total. The van der Waals surface area contributed by atoms with Gasteiger partial charge in [0.25, 0.3) is 0 Å². The third-order valence-electron chi connectivity index (χ3n) is 3.58. The molecule has 0 unspecified atom stereocenters. The van der Waals surface area contributed by atoms with E-state index in [0.717, 1.165) is 18.4 Å². The van der Waals surface area contributed by atoms with Crippen LogP contribution in [0.25, 0.3) is 0 Å². The Balaban J connectivity index is 1.96. The number of hydrogen-bond donors (Lipinski definition) is 1. The van der Waals surface area contributed by atoms with Gasteiger partial charge in [0.15, 0.2) is 0 Å². The minimum absolute atomic E-state index is 0.00335. The molecule has 0 saturated carbocycles. The molecule has 1 amide bonds. The number of hydrogen-bond acceptors (Lipinski definition) is 3. The lowest BCUT2D eigenvalue weighted by Gasteiger charge is -2.32. The Morgan fingerprint density at radius 1 is 1.43 bits per heavy atom. The van der Waals surface area contributed by atoms with Crippen molar-refractivity contribution >= 4 is 27.5 Å². The van der Waals surface area contributed by atoms with Gasteiger partial charge < -0.3 is 4.90 Å². The maximum atomic E-state index is 12.3. The lowest BCUT2D eigenvalue weighted by atomic mass is 9.99. The molecule has 2 rings (SSSR count). The molecule has 1 aromatic carbocycles. The molecule has 1 aliphatic rings. The lowest BCUT2D eigenvalue weighted by Crippen LogP contribution is -2.43. The molecule has 7 heteroatoms. The first-order chi connectivity index (χ1) is 9.83. The normalized spacial score (nSPS) is 19.5. The highest BCUT2D eigenvalue weighted by atomic mass is 35.5. The molecule has 1 fully saturated rings. The Morgan fingerprint density at radius 3 is 2.86 bits per heavy atom. The Kier molecular flexibility index (Phi) is 5.24. The SMILES string of the molecule is NS(=O)(=O)C[C@H]1CCCN(C(=O)Cc2cccc(Cl)c2)C1. The van der Waals surface area contributed by atoms with E-state index >= 15 is 0 Å². The van der Waals surface area contributed by atoms with Crippen molar-refractivity contribution in [3.05, 3.63) is 34.9 Å². The van der Waals surface area contributed by atoms with Crippen LogP contribution in [-0.4, -0.2) is 38.1 Å². The van der Waals surface area contributed by atoms with E-state index in [0.29, 0.717) is 18.1 Å². The molecular weight excluding hydrogens is 312 g/mol. The molecule has 0 aliphatic carbocycles. The summed E-state index contributed by atoms with van der Waals surface area (Å²) in [5.74, 6) is -0.137. The molecule has 21 heavy (non-hydrogen) atoms. The van der Waals surface area contributed by atoms with Gasteiger partial charge in [-0.15, -0.1) is 0 Å². The van der Waals surface area contributed by atoms with Gasteiger partial charge in [0.1, 0.15) is 0 Å². The van der Waals surface area contributed by atoms with Crippen molar-refractivity contribution in [3.8, 4) is 0 Å². The fourth-order valence-corrected chi connectivity index (χ4v) is 3.83. The standard InChI is InChI=1S/C14H19ClN2O3S/c15-13-5-1-3-11(7-13)8-14(18)17-6-2-4-12(9-17)10-21(16,19)20/h1,3,5,7,12H,2,4,6,8-10H2,(H2,16,19,20)/t12-/m0/s1. The molecule has 0 spiro atoms. The van der Waals surface area contributed by atoms with E-state index in [1.54, 1.807) is 17.0 Å². The molecule has 116 valence electrons. The van der Waals surface area contributed by atoms with Gasteiger partial charge in [0.2, 0.25) is 15.9 Å². The van der Waals surface area contributed by atoms with Crippen molar-refractivity contribution in [1.29, 1.82) is 0 Å². The third kappa shape index (κ3) is 5.30. The zero-order valence-corrected chi connectivity index (χ0v) is 13.2. The fraction of sp³-hybridized carbons (Fsp3) is 0.500. The highest BCUT2D eigenvalue weighted by Crippen LogP contribution is 2.19. The molecule has 0 radical (unpaired) electrons. The van der Waals surface area contributed by atoms with E-state index in [1.165, 1.54) is 0 Å². The number of likely N-dealkylation sites (tertiary alicyclic amines) is 1. The van der Waals surface area contributed by atoms with Gasteiger partial charge in [0.05, 0.1) is 12.2 Å². The van der Waals surface area contributed by atoms with Gasteiger partial charge in [0, 0.05) is 18.1 Å². The van der Waals surface area contributed by atoms with Crippen LogP contribution in [0.3, 0.4) is 0 Å². The highest BCUT2D eigenvalue weighted by molar-refractivity contribution is 7.89. The first-order valence-electron chi connectivity index (χ1n) is 6.86. The summed E-state index contributed by atoms with van der Waals surface area (Å²) in [7, 11) is -3.49. The molecule has 0 aromatic heterocycles. The second-order valence-corrected chi connectivity index (χ2v) is 7.58. The summed E-state index contributed by atoms with van der Waals surface area (Å²) in [6.45, 7) is 1.12. The topological polar surface area (TPSA) is 80.5 Å². The maximum absolute atomic E-state index is 12.3. The smallest absolute Gasteiger partial charge is 0.226 e. The summed E-state index contributed by atoms with van der Waals surface area (Å²) >= 11 is 5.90. The predicted molar refractivity (Wildman–Crippen MR) is 82.4 cm³/mol. The second kappa shape index (κ2) is 6.77. The Bertz CT molecular complexity index is 618. The van der Waals surface area contributed by atoms with Gasteiger partial charge >= 0.3 is 0 Å². The van der Waals surface area contributed by atoms with Crippen LogP contribution in [0.15, 0.2) is 24.3 Å². The quantitative estimate of drug-likeness (QED) is 0.906. The van der Waals surface area contributed by atoms with E-state index in [1.807, 2.05) is 12.1 Å². The molecule has 1 aliphatic heterocycles. The molecule has 0 bridgehead atoms. The fourth-order valence-electron chi connectivity index (χ4n) is 2.69. The van der Waals surface area contributed by atoms with Gasteiger partial charge in [-0.05, 0) is 36.5 Å². The minimum atomic E-state index is -3.49. The highest BCUT2D eigenvalue weighted by Gasteiger charge is 2.26. The van der Waals surface area contributed by atoms with Crippen LogP contribution in [0.1, 0.15) is 18.4 Å². The first-order valence-corrected chi connectivity index (χ1v) is 8.95. The van der Waals surface area contributed by atoms with Crippen molar-refractivity contribution in [3.63, 3.8) is 0 Å². The zero-order valence-electron chi connectivity index (χ0n) is 11.7. The average molecular weight is 331 g/mol. The van der Waals surface area contributed by atoms with Crippen molar-refractivity contribution in [2.24, 2.45) is 11.1 Å². The molecular formula is C14H19ClN2O3S. The summed E-state index contributed by atoms with van der Waals surface area (Å²) < 4.78 is 22.3. The number of carbonyl (C=O) groups excluding carboxylic acids is 1. The van der Waals surface area contributed by atoms with E-state index in [4.69, 9.17) is 16.7 Å². The minimum Gasteiger partial charge on any atom is -0.342 e. The monoisotopic (exact) mass is 330 g/mol. The molecule has 1 heterocycles. The first kappa shape index (κ1) is 16.3. The summed E-state index contributed by atoms with van der Waals surface area (Å²) in [6.07, 6.45) is 1.88. The van der Waals surface area contributed by atoms with Gasteiger partial charge in [-0.1, -0.05) is 23.7 Å². The van der Waals surface area contributed by atoms with E-state index < -0.39 is 10.0 Å². The molecule has 1 saturated heterocycles. The number of benzene rings is 1. The van der Waals surface area contributed by atoms with Crippen LogP contribution in [-0.2, 0) is 21.2 Å². The Hall–Kier alpha value is -1.11. The number of carbonyl (C=O) groups is 1. The van der Waals surface area contributed by atoms with Crippen LogP contribution >= 0.6 is 11.6 Å². The largest absolute Gasteiger partial charge is 0.342 e. The van der Waals surface area contributed by atoms with Crippen LogP contribution in [0.4, 0.5) is 0 Å². The van der Waals surface area contributed by atoms with Crippen LogP contribution in [0.2, 0.25) is 5.02 Å². The molecule has 5 nitrogen and oxygen atoms in total. The number of rotatable bonds is 4. The average Bonchev–Trinajstić information content (AvgIpc) is 2.37. The number of amides is 1. The Labute approximate surface area is 130 Å². The van der Waals surface area contributed by atoms with Crippen molar-refractivity contribution in [2.45, 2.75) is 19.3 Å². The van der Waals surface area contributed by atoms with Gasteiger partial charge in [-0.3, -0.25) is 4.79 Å². The van der Waals surface area contributed by atoms with E-state index in [2.05, 4.69) is 0 Å². The number of nitrogens with two attached hydrogens (primary N) is 1. The van der Waals surface area contributed by atoms with Crippen LogP contribution in [0, 0.1) is 5.92 Å². The van der Waals surface area contributed by atoms with E-state index in [9.17, 15) is 13.2 Å². The third-order valence-corrected chi connectivity index (χ3v) is 4.76. The molecule has 1 atom stereocenters. The van der Waals surface area contributed by atoms with Crippen molar-refractivity contribution in [1.82, 2.24) is 4.90 Å². The van der Waals surface area contributed by atoms with Crippen molar-refractivity contribution < 1.29 is 13.2 Å². The second-order valence-electron chi connectivity index (χ2n) is 5.48. The number of halogens is 1. The number of piperidine rings is 1. The van der Waals surface area contributed by atoms with Crippen LogP contribution in [0.5, 0.6) is 0 Å². The maximum Gasteiger partial charge on any atom is 0.226 e. The zero-order chi connectivity index (χ0) is 15.5.